The van der Waals surface area contributed by atoms with E-state index in [0.29, 0.717) is 23.3 Å². The van der Waals surface area contributed by atoms with Crippen molar-refractivity contribution in [2.75, 3.05) is 7.11 Å². The van der Waals surface area contributed by atoms with Crippen LogP contribution < -0.4 is 20.7 Å². The molecule has 3 N–H and O–H groups in total. The number of amides is 5. The Balaban J connectivity index is 1.42. The molecule has 33 heavy (non-hydrogen) atoms. The minimum atomic E-state index is -0.701. The van der Waals surface area contributed by atoms with Gasteiger partial charge in [0.15, 0.2) is 0 Å². The number of allylic oxidation sites excluding steroid dienone is 2. The third kappa shape index (κ3) is 4.73. The van der Waals surface area contributed by atoms with Gasteiger partial charge in [-0.05, 0) is 36.1 Å². The predicted molar refractivity (Wildman–Crippen MR) is 121 cm³/mol. The van der Waals surface area contributed by atoms with Crippen LogP contribution >= 0.6 is 11.6 Å². The number of ether oxygens (including phenoxy) is 1. The van der Waals surface area contributed by atoms with Gasteiger partial charge in [0.05, 0.1) is 18.7 Å². The Morgan fingerprint density at radius 2 is 2.09 bits per heavy atom. The molecule has 0 bridgehead atoms. The molecule has 2 atom stereocenters. The molecule has 3 aliphatic rings. The zero-order valence-corrected chi connectivity index (χ0v) is 19.1. The van der Waals surface area contributed by atoms with Crippen LogP contribution in [0.5, 0.6) is 5.75 Å². The zero-order valence-electron chi connectivity index (χ0n) is 18.4. The minimum absolute atomic E-state index is 0.185. The Bertz CT molecular complexity index is 1100. The molecule has 0 radical (unpaired) electrons. The van der Waals surface area contributed by atoms with Crippen molar-refractivity contribution < 1.29 is 23.9 Å². The van der Waals surface area contributed by atoms with Crippen LogP contribution in [0.4, 0.5) is 4.79 Å². The van der Waals surface area contributed by atoms with Crippen molar-refractivity contribution in [3.8, 4) is 5.75 Å². The normalized spacial score (nSPS) is 22.3. The fraction of sp³-hybridized carbons (Fsp3) is 0.391. The van der Waals surface area contributed by atoms with E-state index < -0.39 is 11.9 Å². The van der Waals surface area contributed by atoms with E-state index in [9.17, 15) is 19.2 Å². The SMILES string of the molecule is COc1cc(CNC(=O)NC2C=CC(C)=C(Cl)C2)cc2c1C(=O)N(C1CCC(=O)NC1=O)C2. The summed E-state index contributed by atoms with van der Waals surface area (Å²) in [5, 5.41) is 8.69. The number of methoxy groups -OCH3 is 1. The zero-order chi connectivity index (χ0) is 23.7. The first-order chi connectivity index (χ1) is 15.8. The van der Waals surface area contributed by atoms with E-state index >= 15 is 0 Å². The number of nitrogens with zero attached hydrogens (tertiary/aromatic N) is 1. The van der Waals surface area contributed by atoms with Crippen LogP contribution in [0, 0.1) is 0 Å². The molecule has 1 aromatic carbocycles. The van der Waals surface area contributed by atoms with Gasteiger partial charge in [0.1, 0.15) is 11.8 Å². The maximum Gasteiger partial charge on any atom is 0.315 e. The third-order valence-electron chi connectivity index (χ3n) is 6.04. The number of imide groups is 1. The van der Waals surface area contributed by atoms with Gasteiger partial charge in [-0.15, -0.1) is 0 Å². The first kappa shape index (κ1) is 22.8. The molecule has 0 aromatic heterocycles. The molecule has 174 valence electrons. The van der Waals surface area contributed by atoms with Gasteiger partial charge in [-0.3, -0.25) is 19.7 Å². The molecule has 5 amide bonds. The molecule has 0 saturated carbocycles. The number of carbonyl (C=O) groups is 4. The van der Waals surface area contributed by atoms with Crippen molar-refractivity contribution in [2.24, 2.45) is 0 Å². The molecule has 9 nitrogen and oxygen atoms in total. The Hall–Kier alpha value is -3.33. The number of benzene rings is 1. The van der Waals surface area contributed by atoms with Crippen LogP contribution in [-0.2, 0) is 22.7 Å². The largest absolute Gasteiger partial charge is 0.496 e. The van der Waals surface area contributed by atoms with Crippen molar-refractivity contribution in [1.29, 1.82) is 0 Å². The number of halogens is 1. The number of hydrogen-bond acceptors (Lipinski definition) is 5. The average molecular weight is 473 g/mol. The summed E-state index contributed by atoms with van der Waals surface area (Å²) >= 11 is 6.17. The van der Waals surface area contributed by atoms with Crippen LogP contribution in [0.2, 0.25) is 0 Å². The molecular formula is C23H25ClN4O5. The average Bonchev–Trinajstić information content (AvgIpc) is 3.10. The monoisotopic (exact) mass is 472 g/mol. The van der Waals surface area contributed by atoms with Gasteiger partial charge in [0, 0.05) is 31.0 Å². The lowest BCUT2D eigenvalue weighted by atomic mass is 10.0. The standard InChI is InChI=1S/C23H25ClN4O5/c1-12-3-4-15(9-16(12)24)26-23(32)25-10-13-7-14-11-28(17-5-6-19(29)27-21(17)30)22(31)20(14)18(8-13)33-2/h3-4,7-8,15,17H,5-6,9-11H2,1-2H3,(H2,25,26,32)(H,27,29,30). The molecule has 4 rings (SSSR count). The fourth-order valence-corrected chi connectivity index (χ4v) is 4.50. The summed E-state index contributed by atoms with van der Waals surface area (Å²) in [7, 11) is 1.47. The summed E-state index contributed by atoms with van der Waals surface area (Å²) < 4.78 is 5.44. The Morgan fingerprint density at radius 1 is 1.30 bits per heavy atom. The van der Waals surface area contributed by atoms with Crippen LogP contribution in [0.1, 0.15) is 47.7 Å². The number of piperidine rings is 1. The summed E-state index contributed by atoms with van der Waals surface area (Å²) in [6.07, 6.45) is 4.80. The first-order valence-corrected chi connectivity index (χ1v) is 11.1. The number of fused-ring (bicyclic) bond motifs is 1. The van der Waals surface area contributed by atoms with E-state index in [4.69, 9.17) is 16.3 Å². The highest BCUT2D eigenvalue weighted by atomic mass is 35.5. The van der Waals surface area contributed by atoms with E-state index in [1.165, 1.54) is 12.0 Å². The van der Waals surface area contributed by atoms with E-state index in [1.807, 2.05) is 25.1 Å². The van der Waals surface area contributed by atoms with E-state index in [2.05, 4.69) is 16.0 Å². The Kier molecular flexibility index (Phi) is 6.42. The number of hydrogen-bond donors (Lipinski definition) is 3. The highest BCUT2D eigenvalue weighted by Gasteiger charge is 2.40. The van der Waals surface area contributed by atoms with Gasteiger partial charge in [-0.1, -0.05) is 29.8 Å². The van der Waals surface area contributed by atoms with Crippen molar-refractivity contribution in [2.45, 2.75) is 51.4 Å². The second-order valence-corrected chi connectivity index (χ2v) is 8.77. The molecule has 1 aromatic rings. The number of urea groups is 1. The van der Waals surface area contributed by atoms with Crippen molar-refractivity contribution >= 4 is 35.4 Å². The molecule has 0 spiro atoms. The van der Waals surface area contributed by atoms with Crippen LogP contribution in [0.25, 0.3) is 0 Å². The lowest BCUT2D eigenvalue weighted by Gasteiger charge is -2.29. The molecule has 10 heteroatoms. The van der Waals surface area contributed by atoms with Crippen molar-refractivity contribution in [1.82, 2.24) is 20.9 Å². The minimum Gasteiger partial charge on any atom is -0.496 e. The van der Waals surface area contributed by atoms with E-state index in [0.717, 1.165) is 16.2 Å². The third-order valence-corrected chi connectivity index (χ3v) is 6.49. The van der Waals surface area contributed by atoms with Crippen molar-refractivity contribution in [3.05, 3.63) is 51.6 Å². The molecular weight excluding hydrogens is 448 g/mol. The molecule has 1 saturated heterocycles. The second-order valence-electron chi connectivity index (χ2n) is 8.32. The second kappa shape index (κ2) is 9.27. The lowest BCUT2D eigenvalue weighted by molar-refractivity contribution is -0.136. The van der Waals surface area contributed by atoms with Gasteiger partial charge < -0.3 is 20.3 Å². The summed E-state index contributed by atoms with van der Waals surface area (Å²) in [4.78, 5) is 50.6. The Morgan fingerprint density at radius 3 is 2.79 bits per heavy atom. The van der Waals surface area contributed by atoms with Gasteiger partial charge in [-0.25, -0.2) is 4.79 Å². The highest BCUT2D eigenvalue weighted by Crippen LogP contribution is 2.34. The molecule has 1 aliphatic carbocycles. The smallest absolute Gasteiger partial charge is 0.315 e. The van der Waals surface area contributed by atoms with Crippen LogP contribution in [0.3, 0.4) is 0 Å². The topological polar surface area (TPSA) is 117 Å². The quantitative estimate of drug-likeness (QED) is 0.567. The maximum absolute atomic E-state index is 13.0. The molecule has 1 fully saturated rings. The van der Waals surface area contributed by atoms with Crippen molar-refractivity contribution in [3.63, 3.8) is 0 Å². The molecule has 2 unspecified atom stereocenters. The summed E-state index contributed by atoms with van der Waals surface area (Å²) in [5.74, 6) is -0.723. The first-order valence-electron chi connectivity index (χ1n) is 10.7. The number of carbonyl (C=O) groups excluding carboxylic acids is 4. The predicted octanol–water partition coefficient (Wildman–Crippen LogP) is 2.10. The fourth-order valence-electron chi connectivity index (χ4n) is 4.27. The van der Waals surface area contributed by atoms with Gasteiger partial charge in [0.25, 0.3) is 5.91 Å². The highest BCUT2D eigenvalue weighted by molar-refractivity contribution is 6.30. The van der Waals surface area contributed by atoms with E-state index in [1.54, 1.807) is 6.07 Å². The van der Waals surface area contributed by atoms with Gasteiger partial charge >= 0.3 is 6.03 Å². The van der Waals surface area contributed by atoms with Crippen LogP contribution in [0.15, 0.2) is 34.9 Å². The van der Waals surface area contributed by atoms with E-state index in [-0.39, 0.29) is 49.8 Å². The number of rotatable bonds is 5. The molecule has 2 heterocycles. The van der Waals surface area contributed by atoms with Gasteiger partial charge in [-0.2, -0.15) is 0 Å². The lowest BCUT2D eigenvalue weighted by Crippen LogP contribution is -2.52. The Labute approximate surface area is 196 Å². The van der Waals surface area contributed by atoms with Crippen LogP contribution in [-0.4, -0.2) is 47.8 Å². The van der Waals surface area contributed by atoms with Gasteiger partial charge in [0.2, 0.25) is 11.8 Å². The maximum atomic E-state index is 13.0. The summed E-state index contributed by atoms with van der Waals surface area (Å²) in [6.45, 7) is 2.37. The summed E-state index contributed by atoms with van der Waals surface area (Å²) in [6, 6.07) is 2.30. The molecule has 2 aliphatic heterocycles. The summed E-state index contributed by atoms with van der Waals surface area (Å²) in [5.41, 5.74) is 2.86. The number of nitrogens with one attached hydrogen (secondary N) is 3.